The number of likely N-dealkylation sites (N-methyl/N-ethyl adjacent to an activating group) is 1. The van der Waals surface area contributed by atoms with Crippen LogP contribution in [0.1, 0.15) is 14.4 Å². The molecule has 3 N–H and O–H groups in total. The van der Waals surface area contributed by atoms with Crippen molar-refractivity contribution in [3.63, 3.8) is 0 Å². The van der Waals surface area contributed by atoms with Crippen LogP contribution in [-0.4, -0.2) is 19.0 Å². The van der Waals surface area contributed by atoms with E-state index >= 15 is 0 Å². The SMILES string of the molecule is C.CCNC(=O)CN. The lowest BCUT2D eigenvalue weighted by Gasteiger charge is -1.93. The lowest BCUT2D eigenvalue weighted by Crippen LogP contribution is -2.29. The zero-order valence-corrected chi connectivity index (χ0v) is 4.40. The van der Waals surface area contributed by atoms with Crippen molar-refractivity contribution in [2.75, 3.05) is 13.1 Å². The largest absolute Gasteiger partial charge is 0.355 e. The molecule has 0 radical (unpaired) electrons. The van der Waals surface area contributed by atoms with Crippen LogP contribution in [0.15, 0.2) is 0 Å². The standard InChI is InChI=1S/C4H10N2O.CH4/c1-2-6-4(7)3-5;/h2-3,5H2,1H3,(H,6,7);1H4. The Balaban J connectivity index is 0. The minimum Gasteiger partial charge on any atom is -0.355 e. The molecule has 0 rings (SSSR count). The molecule has 0 bridgehead atoms. The second-order valence-electron chi connectivity index (χ2n) is 1.16. The Morgan fingerprint density at radius 3 is 2.38 bits per heavy atom. The first-order valence-electron chi connectivity index (χ1n) is 2.28. The Hall–Kier alpha value is -0.570. The van der Waals surface area contributed by atoms with Crippen LogP contribution in [0.25, 0.3) is 0 Å². The second kappa shape index (κ2) is 6.43. The van der Waals surface area contributed by atoms with Crippen molar-refractivity contribution >= 4 is 5.91 Å². The number of rotatable bonds is 2. The minimum absolute atomic E-state index is 0. The molecule has 0 aliphatic rings. The molecule has 8 heavy (non-hydrogen) atoms. The van der Waals surface area contributed by atoms with Gasteiger partial charge >= 0.3 is 0 Å². The molecule has 0 unspecified atom stereocenters. The summed E-state index contributed by atoms with van der Waals surface area (Å²) in [5.41, 5.74) is 4.95. The first-order chi connectivity index (χ1) is 3.31. The van der Waals surface area contributed by atoms with E-state index < -0.39 is 0 Å². The van der Waals surface area contributed by atoms with Crippen LogP contribution in [-0.2, 0) is 4.79 Å². The molecule has 0 aliphatic heterocycles. The van der Waals surface area contributed by atoms with Crippen LogP contribution in [0, 0.1) is 0 Å². The number of hydrogen-bond acceptors (Lipinski definition) is 2. The summed E-state index contributed by atoms with van der Waals surface area (Å²) >= 11 is 0. The molecule has 0 aliphatic carbocycles. The van der Waals surface area contributed by atoms with Crippen LogP contribution >= 0.6 is 0 Å². The van der Waals surface area contributed by atoms with E-state index in [1.807, 2.05) is 6.92 Å². The van der Waals surface area contributed by atoms with E-state index in [1.165, 1.54) is 0 Å². The molecule has 0 saturated carbocycles. The summed E-state index contributed by atoms with van der Waals surface area (Å²) in [6.45, 7) is 2.61. The Bertz CT molecular complexity index is 63.4. The van der Waals surface area contributed by atoms with Crippen molar-refractivity contribution < 1.29 is 4.79 Å². The van der Waals surface area contributed by atoms with E-state index in [0.717, 1.165) is 0 Å². The van der Waals surface area contributed by atoms with Crippen molar-refractivity contribution in [3.05, 3.63) is 0 Å². The molecule has 0 atom stereocenters. The van der Waals surface area contributed by atoms with Gasteiger partial charge in [-0.3, -0.25) is 4.79 Å². The van der Waals surface area contributed by atoms with Crippen LogP contribution in [0.2, 0.25) is 0 Å². The molecule has 0 spiro atoms. The van der Waals surface area contributed by atoms with E-state index in [4.69, 9.17) is 5.73 Å². The Morgan fingerprint density at radius 2 is 2.25 bits per heavy atom. The Morgan fingerprint density at radius 1 is 1.75 bits per heavy atom. The van der Waals surface area contributed by atoms with Crippen molar-refractivity contribution in [1.29, 1.82) is 0 Å². The molecule has 1 amide bonds. The van der Waals surface area contributed by atoms with Gasteiger partial charge in [-0.2, -0.15) is 0 Å². The predicted molar refractivity (Wildman–Crippen MR) is 34.5 cm³/mol. The van der Waals surface area contributed by atoms with Gasteiger partial charge in [0.05, 0.1) is 6.54 Å². The van der Waals surface area contributed by atoms with Gasteiger partial charge in [-0.05, 0) is 6.92 Å². The fraction of sp³-hybridized carbons (Fsp3) is 0.800. The minimum atomic E-state index is -0.0949. The number of carbonyl (C=O) groups excluding carboxylic acids is 1. The zero-order valence-electron chi connectivity index (χ0n) is 4.40. The van der Waals surface area contributed by atoms with Gasteiger partial charge in [-0.15, -0.1) is 0 Å². The lowest BCUT2D eigenvalue weighted by atomic mass is 10.6. The summed E-state index contributed by atoms with van der Waals surface area (Å²) in [4.78, 5) is 10.2. The van der Waals surface area contributed by atoms with E-state index in [0.29, 0.717) is 6.54 Å². The highest BCUT2D eigenvalue weighted by Crippen LogP contribution is 1.54. The average Bonchev–Trinajstić information content (AvgIpc) is 1.68. The van der Waals surface area contributed by atoms with Gasteiger partial charge in [0.1, 0.15) is 0 Å². The maximum Gasteiger partial charge on any atom is 0.233 e. The molecule has 0 saturated heterocycles. The number of nitrogens with one attached hydrogen (secondary N) is 1. The Kier molecular flexibility index (Phi) is 8.37. The van der Waals surface area contributed by atoms with Crippen LogP contribution in [0.4, 0.5) is 0 Å². The maximum atomic E-state index is 10.2. The summed E-state index contributed by atoms with van der Waals surface area (Å²) in [6.07, 6.45) is 0. The highest BCUT2D eigenvalue weighted by molar-refractivity contribution is 5.77. The first-order valence-corrected chi connectivity index (χ1v) is 2.28. The summed E-state index contributed by atoms with van der Waals surface area (Å²) in [5, 5.41) is 2.53. The Labute approximate surface area is 50.3 Å². The summed E-state index contributed by atoms with van der Waals surface area (Å²) in [5.74, 6) is -0.0949. The van der Waals surface area contributed by atoms with Crippen LogP contribution in [0.3, 0.4) is 0 Å². The predicted octanol–water partition coefficient (Wildman–Crippen LogP) is -0.283. The average molecular weight is 118 g/mol. The van der Waals surface area contributed by atoms with E-state index in [-0.39, 0.29) is 19.9 Å². The summed E-state index contributed by atoms with van der Waals surface area (Å²) < 4.78 is 0. The number of carbonyl (C=O) groups is 1. The molecule has 3 nitrogen and oxygen atoms in total. The van der Waals surface area contributed by atoms with Crippen LogP contribution < -0.4 is 11.1 Å². The molecule has 0 aromatic rings. The third kappa shape index (κ3) is 5.43. The molecular formula is C5H14N2O. The van der Waals surface area contributed by atoms with E-state index in [1.54, 1.807) is 0 Å². The fourth-order valence-electron chi connectivity index (χ4n) is 0.269. The van der Waals surface area contributed by atoms with Gasteiger partial charge in [0.15, 0.2) is 0 Å². The first kappa shape index (κ1) is 10.4. The van der Waals surface area contributed by atoms with Gasteiger partial charge in [-0.1, -0.05) is 7.43 Å². The molecule has 50 valence electrons. The lowest BCUT2D eigenvalue weighted by molar-refractivity contribution is -0.119. The van der Waals surface area contributed by atoms with Crippen molar-refractivity contribution in [2.24, 2.45) is 5.73 Å². The van der Waals surface area contributed by atoms with Gasteiger partial charge in [0, 0.05) is 6.54 Å². The monoisotopic (exact) mass is 118 g/mol. The molecule has 0 heterocycles. The maximum absolute atomic E-state index is 10.2. The normalized spacial score (nSPS) is 7.25. The molecule has 0 aromatic carbocycles. The van der Waals surface area contributed by atoms with E-state index in [2.05, 4.69) is 5.32 Å². The van der Waals surface area contributed by atoms with Crippen molar-refractivity contribution in [1.82, 2.24) is 5.32 Å². The highest BCUT2D eigenvalue weighted by Gasteiger charge is 1.88. The third-order valence-electron chi connectivity index (χ3n) is 0.559. The van der Waals surface area contributed by atoms with Crippen molar-refractivity contribution in [3.8, 4) is 0 Å². The van der Waals surface area contributed by atoms with Crippen LogP contribution in [0.5, 0.6) is 0 Å². The summed E-state index contributed by atoms with van der Waals surface area (Å²) in [7, 11) is 0. The molecule has 3 heteroatoms. The van der Waals surface area contributed by atoms with Crippen molar-refractivity contribution in [2.45, 2.75) is 14.4 Å². The smallest absolute Gasteiger partial charge is 0.233 e. The zero-order chi connectivity index (χ0) is 5.70. The number of nitrogens with two attached hydrogens (primary N) is 1. The molecular weight excluding hydrogens is 104 g/mol. The second-order valence-corrected chi connectivity index (χ2v) is 1.16. The quantitative estimate of drug-likeness (QED) is 0.524. The third-order valence-corrected chi connectivity index (χ3v) is 0.559. The number of hydrogen-bond donors (Lipinski definition) is 2. The van der Waals surface area contributed by atoms with Gasteiger partial charge in [0.25, 0.3) is 0 Å². The highest BCUT2D eigenvalue weighted by atomic mass is 16.1. The van der Waals surface area contributed by atoms with Gasteiger partial charge in [-0.25, -0.2) is 0 Å². The fourth-order valence-corrected chi connectivity index (χ4v) is 0.269. The van der Waals surface area contributed by atoms with E-state index in [9.17, 15) is 4.79 Å². The molecule has 0 fully saturated rings. The van der Waals surface area contributed by atoms with Gasteiger partial charge in [0.2, 0.25) is 5.91 Å². The van der Waals surface area contributed by atoms with Gasteiger partial charge < -0.3 is 11.1 Å². The number of amides is 1. The topological polar surface area (TPSA) is 55.1 Å². The molecule has 0 aromatic heterocycles. The summed E-state index contributed by atoms with van der Waals surface area (Å²) in [6, 6.07) is 0.